The number of nitrogens with one attached hydrogen (secondary N) is 1. The molecule has 0 bridgehead atoms. The average molecular weight is 342 g/mol. The van der Waals surface area contributed by atoms with Crippen molar-refractivity contribution in [2.24, 2.45) is 5.92 Å². The highest BCUT2D eigenvalue weighted by Gasteiger charge is 2.23. The first-order valence-corrected chi connectivity index (χ1v) is 8.65. The zero-order valence-electron chi connectivity index (χ0n) is 14.2. The van der Waals surface area contributed by atoms with Crippen LogP contribution in [0.4, 0.5) is 5.69 Å². The summed E-state index contributed by atoms with van der Waals surface area (Å²) in [5, 5.41) is 15.8. The van der Waals surface area contributed by atoms with Gasteiger partial charge in [-0.1, -0.05) is 30.6 Å². The summed E-state index contributed by atoms with van der Waals surface area (Å²) >= 11 is 0. The molecule has 0 spiro atoms. The van der Waals surface area contributed by atoms with Crippen LogP contribution in [-0.4, -0.2) is 22.1 Å². The number of carboxylic acids is 1. The maximum absolute atomic E-state index is 12.5. The smallest absolute Gasteiger partial charge is 0.306 e. The highest BCUT2D eigenvalue weighted by molar-refractivity contribution is 6.03. The molecule has 132 valence electrons. The largest absolute Gasteiger partial charge is 0.481 e. The molecule has 1 unspecified atom stereocenters. The monoisotopic (exact) mass is 342 g/mol. The van der Waals surface area contributed by atoms with E-state index in [1.54, 1.807) is 19.1 Å². The number of hydrogen-bond donors (Lipinski definition) is 2. The lowest BCUT2D eigenvalue weighted by molar-refractivity contribution is -0.141. The van der Waals surface area contributed by atoms with Gasteiger partial charge in [0.15, 0.2) is 5.69 Å². The van der Waals surface area contributed by atoms with E-state index in [1.807, 2.05) is 12.1 Å². The lowest BCUT2D eigenvalue weighted by Crippen LogP contribution is -2.15. The van der Waals surface area contributed by atoms with Crippen molar-refractivity contribution in [3.8, 4) is 0 Å². The van der Waals surface area contributed by atoms with Gasteiger partial charge in [0.25, 0.3) is 5.91 Å². The fraction of sp³-hybridized carbons (Fsp3) is 0.421. The number of hydrogen-bond acceptors (Lipinski definition) is 4. The molecule has 1 aromatic heterocycles. The van der Waals surface area contributed by atoms with Gasteiger partial charge < -0.3 is 14.9 Å². The second-order valence-corrected chi connectivity index (χ2v) is 6.59. The summed E-state index contributed by atoms with van der Waals surface area (Å²) < 4.78 is 5.34. The molecule has 1 aliphatic rings. The van der Waals surface area contributed by atoms with E-state index < -0.39 is 11.9 Å². The third-order valence-electron chi connectivity index (χ3n) is 4.59. The van der Waals surface area contributed by atoms with E-state index in [2.05, 4.69) is 10.5 Å². The third kappa shape index (κ3) is 4.07. The van der Waals surface area contributed by atoms with Crippen molar-refractivity contribution in [2.75, 3.05) is 5.32 Å². The average Bonchev–Trinajstić information content (AvgIpc) is 2.85. The Hall–Kier alpha value is -2.63. The number of aryl methyl sites for hydroxylation is 1. The third-order valence-corrected chi connectivity index (χ3v) is 4.59. The van der Waals surface area contributed by atoms with Crippen LogP contribution in [0, 0.1) is 5.92 Å². The molecule has 2 N–H and O–H groups in total. The molecule has 0 radical (unpaired) electrons. The number of aromatic nitrogens is 1. The van der Waals surface area contributed by atoms with E-state index in [0.717, 1.165) is 49.0 Å². The number of carbonyl (C=O) groups excluding carboxylic acids is 1. The van der Waals surface area contributed by atoms with Crippen molar-refractivity contribution in [3.63, 3.8) is 0 Å². The van der Waals surface area contributed by atoms with Crippen molar-refractivity contribution >= 4 is 17.6 Å². The molecule has 1 aromatic carbocycles. The van der Waals surface area contributed by atoms with E-state index in [0.29, 0.717) is 17.8 Å². The van der Waals surface area contributed by atoms with Gasteiger partial charge in [-0.2, -0.15) is 0 Å². The van der Waals surface area contributed by atoms with Crippen LogP contribution in [0.1, 0.15) is 53.6 Å². The van der Waals surface area contributed by atoms with E-state index in [4.69, 9.17) is 9.63 Å². The van der Waals surface area contributed by atoms with Crippen LogP contribution in [0.25, 0.3) is 0 Å². The lowest BCUT2D eigenvalue weighted by Gasteiger charge is -2.08. The zero-order chi connectivity index (χ0) is 17.8. The maximum Gasteiger partial charge on any atom is 0.306 e. The van der Waals surface area contributed by atoms with Gasteiger partial charge in [0.2, 0.25) is 0 Å². The summed E-state index contributed by atoms with van der Waals surface area (Å²) in [6.07, 6.45) is 5.38. The van der Waals surface area contributed by atoms with Crippen molar-refractivity contribution in [1.29, 1.82) is 0 Å². The van der Waals surface area contributed by atoms with Crippen LogP contribution in [0.3, 0.4) is 0 Å². The van der Waals surface area contributed by atoms with E-state index in [1.165, 1.54) is 0 Å². The molecule has 1 amide bonds. The number of amides is 1. The zero-order valence-corrected chi connectivity index (χ0v) is 14.2. The molecule has 6 heteroatoms. The van der Waals surface area contributed by atoms with Crippen LogP contribution in [0.2, 0.25) is 0 Å². The van der Waals surface area contributed by atoms with Gasteiger partial charge in [-0.3, -0.25) is 9.59 Å². The Kier molecular flexibility index (Phi) is 5.16. The van der Waals surface area contributed by atoms with Crippen LogP contribution in [0.5, 0.6) is 0 Å². The number of anilines is 1. The molecular weight excluding hydrogens is 320 g/mol. The number of carboxylic acid groups (broad SMARTS) is 1. The highest BCUT2D eigenvalue weighted by atomic mass is 16.5. The second-order valence-electron chi connectivity index (χ2n) is 6.59. The van der Waals surface area contributed by atoms with Gasteiger partial charge in [-0.05, 0) is 43.4 Å². The van der Waals surface area contributed by atoms with Crippen molar-refractivity contribution in [1.82, 2.24) is 5.16 Å². The fourth-order valence-corrected chi connectivity index (χ4v) is 3.10. The SMILES string of the molecule is CC(Cc1ccc(NC(=O)c2noc3c2CCCCC3)cc1)C(=O)O. The first-order chi connectivity index (χ1) is 12.0. The maximum atomic E-state index is 12.5. The predicted molar refractivity (Wildman–Crippen MR) is 92.7 cm³/mol. The molecule has 25 heavy (non-hydrogen) atoms. The molecule has 3 rings (SSSR count). The van der Waals surface area contributed by atoms with Crippen LogP contribution in [0.15, 0.2) is 28.8 Å². The van der Waals surface area contributed by atoms with Gasteiger partial charge in [0, 0.05) is 17.7 Å². The minimum Gasteiger partial charge on any atom is -0.481 e. The molecule has 1 aliphatic carbocycles. The van der Waals surface area contributed by atoms with Crippen LogP contribution >= 0.6 is 0 Å². The van der Waals surface area contributed by atoms with Gasteiger partial charge in [0.05, 0.1) is 5.92 Å². The number of fused-ring (bicyclic) bond motifs is 1. The van der Waals surface area contributed by atoms with Crippen molar-refractivity contribution in [2.45, 2.75) is 45.4 Å². The molecule has 0 fully saturated rings. The molecule has 0 saturated heterocycles. The number of aliphatic carboxylic acids is 1. The molecule has 1 atom stereocenters. The minimum atomic E-state index is -0.816. The molecule has 0 saturated carbocycles. The van der Waals surface area contributed by atoms with Crippen LogP contribution < -0.4 is 5.32 Å². The number of rotatable bonds is 5. The molecule has 2 aromatic rings. The van der Waals surface area contributed by atoms with E-state index in [9.17, 15) is 9.59 Å². The standard InChI is InChI=1S/C19H22N2O4/c1-12(19(23)24)11-13-7-9-14(10-8-13)20-18(22)17-15-5-3-2-4-6-16(15)25-21-17/h7-10,12H,2-6,11H2,1H3,(H,20,22)(H,23,24). The van der Waals surface area contributed by atoms with Gasteiger partial charge in [-0.25, -0.2) is 0 Å². The summed E-state index contributed by atoms with van der Waals surface area (Å²) in [5.74, 6) is -0.686. The first-order valence-electron chi connectivity index (χ1n) is 8.65. The van der Waals surface area contributed by atoms with E-state index in [-0.39, 0.29) is 5.91 Å². The fourth-order valence-electron chi connectivity index (χ4n) is 3.10. The molecular formula is C19H22N2O4. The summed E-state index contributed by atoms with van der Waals surface area (Å²) in [7, 11) is 0. The summed E-state index contributed by atoms with van der Waals surface area (Å²) in [6.45, 7) is 1.67. The number of nitrogens with zero attached hydrogens (tertiary/aromatic N) is 1. The Morgan fingerprint density at radius 1 is 1.20 bits per heavy atom. The van der Waals surface area contributed by atoms with Crippen molar-refractivity contribution in [3.05, 3.63) is 46.8 Å². The Balaban J connectivity index is 1.67. The van der Waals surface area contributed by atoms with Gasteiger partial charge >= 0.3 is 5.97 Å². The molecule has 0 aliphatic heterocycles. The van der Waals surface area contributed by atoms with E-state index >= 15 is 0 Å². The topological polar surface area (TPSA) is 92.4 Å². The Bertz CT molecular complexity index is 764. The van der Waals surface area contributed by atoms with Crippen molar-refractivity contribution < 1.29 is 19.2 Å². The highest BCUT2D eigenvalue weighted by Crippen LogP contribution is 2.24. The van der Waals surface area contributed by atoms with Gasteiger partial charge in [0.1, 0.15) is 5.76 Å². The normalized spacial score (nSPS) is 15.1. The predicted octanol–water partition coefficient (Wildman–Crippen LogP) is 3.46. The molecule has 6 nitrogen and oxygen atoms in total. The second kappa shape index (κ2) is 7.51. The Morgan fingerprint density at radius 3 is 2.64 bits per heavy atom. The Morgan fingerprint density at radius 2 is 1.92 bits per heavy atom. The molecule has 1 heterocycles. The number of carbonyl (C=O) groups is 2. The summed E-state index contributed by atoms with van der Waals surface area (Å²) in [6, 6.07) is 7.22. The minimum absolute atomic E-state index is 0.265. The van der Waals surface area contributed by atoms with Crippen LogP contribution in [-0.2, 0) is 24.1 Å². The Labute approximate surface area is 146 Å². The summed E-state index contributed by atoms with van der Waals surface area (Å²) in [5.41, 5.74) is 2.88. The first kappa shape index (κ1) is 17.2. The number of benzene rings is 1. The summed E-state index contributed by atoms with van der Waals surface area (Å²) in [4.78, 5) is 23.4. The van der Waals surface area contributed by atoms with Gasteiger partial charge in [-0.15, -0.1) is 0 Å². The quantitative estimate of drug-likeness (QED) is 0.812. The lowest BCUT2D eigenvalue weighted by atomic mass is 10.0.